The van der Waals surface area contributed by atoms with Crippen LogP contribution in [0, 0.1) is 5.92 Å². The second kappa shape index (κ2) is 9.48. The average Bonchev–Trinajstić information content (AvgIpc) is 2.98. The number of esters is 1. The molecule has 0 radical (unpaired) electrons. The second-order valence-electron chi connectivity index (χ2n) is 7.39. The molecular formula is C24H27NO5. The fourth-order valence-corrected chi connectivity index (χ4v) is 3.36. The molecule has 0 N–H and O–H groups in total. The molecule has 158 valence electrons. The van der Waals surface area contributed by atoms with Crippen molar-refractivity contribution >= 4 is 29.2 Å². The number of hydrogen-bond donors (Lipinski definition) is 0. The molecule has 6 nitrogen and oxygen atoms in total. The van der Waals surface area contributed by atoms with Crippen LogP contribution in [0.25, 0.3) is 11.6 Å². The van der Waals surface area contributed by atoms with E-state index >= 15 is 0 Å². The molecule has 30 heavy (non-hydrogen) atoms. The van der Waals surface area contributed by atoms with Crippen molar-refractivity contribution in [1.29, 1.82) is 0 Å². The lowest BCUT2D eigenvalue weighted by Crippen LogP contribution is -2.30. The Morgan fingerprint density at radius 2 is 1.87 bits per heavy atom. The molecular weight excluding hydrogens is 382 g/mol. The standard InChI is InChI=1S/C24H27NO5/c1-5-29-22-13-17(10-11-21(22)30-15-23(26)28-4)12-19-18-8-6-7-9-20(18)25(24(19)27)14-16(2)3/h6-13,16H,5,14-15H2,1-4H3/b19-12-. The first kappa shape index (κ1) is 21.4. The molecule has 0 bridgehead atoms. The molecule has 0 aliphatic carbocycles. The zero-order valence-corrected chi connectivity index (χ0v) is 17.8. The Kier molecular flexibility index (Phi) is 6.77. The number of para-hydroxylation sites is 1. The van der Waals surface area contributed by atoms with Crippen molar-refractivity contribution in [3.8, 4) is 11.5 Å². The Labute approximate surface area is 177 Å². The van der Waals surface area contributed by atoms with Crippen molar-refractivity contribution in [2.45, 2.75) is 20.8 Å². The number of methoxy groups -OCH3 is 1. The van der Waals surface area contributed by atoms with E-state index in [0.717, 1.165) is 16.8 Å². The summed E-state index contributed by atoms with van der Waals surface area (Å²) in [6, 6.07) is 13.2. The highest BCUT2D eigenvalue weighted by atomic mass is 16.6. The molecule has 1 aliphatic rings. The van der Waals surface area contributed by atoms with Gasteiger partial charge in [0.1, 0.15) is 0 Å². The number of nitrogens with zero attached hydrogens (tertiary/aromatic N) is 1. The Hall–Kier alpha value is -3.28. The summed E-state index contributed by atoms with van der Waals surface area (Å²) in [4.78, 5) is 26.3. The molecule has 0 fully saturated rings. The third kappa shape index (κ3) is 4.64. The van der Waals surface area contributed by atoms with E-state index in [2.05, 4.69) is 18.6 Å². The van der Waals surface area contributed by atoms with E-state index in [9.17, 15) is 9.59 Å². The number of anilines is 1. The van der Waals surface area contributed by atoms with Crippen molar-refractivity contribution in [3.05, 3.63) is 53.6 Å². The summed E-state index contributed by atoms with van der Waals surface area (Å²) >= 11 is 0. The van der Waals surface area contributed by atoms with E-state index < -0.39 is 5.97 Å². The highest BCUT2D eigenvalue weighted by Crippen LogP contribution is 2.39. The summed E-state index contributed by atoms with van der Waals surface area (Å²) in [5.41, 5.74) is 3.32. The van der Waals surface area contributed by atoms with Crippen molar-refractivity contribution in [1.82, 2.24) is 0 Å². The number of rotatable bonds is 8. The summed E-state index contributed by atoms with van der Waals surface area (Å²) in [7, 11) is 1.31. The van der Waals surface area contributed by atoms with E-state index in [1.807, 2.05) is 54.3 Å². The fraction of sp³-hybridized carbons (Fsp3) is 0.333. The van der Waals surface area contributed by atoms with Crippen LogP contribution in [0.5, 0.6) is 11.5 Å². The molecule has 0 saturated carbocycles. The van der Waals surface area contributed by atoms with Crippen molar-refractivity contribution < 1.29 is 23.8 Å². The maximum Gasteiger partial charge on any atom is 0.343 e. The molecule has 0 aromatic heterocycles. The molecule has 0 atom stereocenters. The zero-order valence-electron chi connectivity index (χ0n) is 17.8. The molecule has 1 heterocycles. The van der Waals surface area contributed by atoms with Gasteiger partial charge in [0.25, 0.3) is 5.91 Å². The van der Waals surface area contributed by atoms with Gasteiger partial charge in [-0.15, -0.1) is 0 Å². The number of carbonyl (C=O) groups is 2. The van der Waals surface area contributed by atoms with E-state index in [1.165, 1.54) is 7.11 Å². The number of ether oxygens (including phenoxy) is 3. The summed E-state index contributed by atoms with van der Waals surface area (Å²) in [5.74, 6) is 0.839. The first-order valence-corrected chi connectivity index (χ1v) is 10.0. The Morgan fingerprint density at radius 3 is 2.57 bits per heavy atom. The summed E-state index contributed by atoms with van der Waals surface area (Å²) < 4.78 is 15.8. The number of fused-ring (bicyclic) bond motifs is 1. The Balaban J connectivity index is 1.94. The van der Waals surface area contributed by atoms with Crippen LogP contribution in [-0.2, 0) is 14.3 Å². The highest BCUT2D eigenvalue weighted by molar-refractivity contribution is 6.35. The minimum absolute atomic E-state index is 0.00567. The monoisotopic (exact) mass is 409 g/mol. The topological polar surface area (TPSA) is 65.1 Å². The SMILES string of the molecule is CCOc1cc(/C=C2\C(=O)N(CC(C)C)c3ccccc32)ccc1OCC(=O)OC. The van der Waals surface area contributed by atoms with Gasteiger partial charge in [-0.25, -0.2) is 4.79 Å². The number of amides is 1. The van der Waals surface area contributed by atoms with Gasteiger partial charge in [0, 0.05) is 17.7 Å². The third-order valence-corrected chi connectivity index (χ3v) is 4.66. The normalized spacial score (nSPS) is 14.2. The maximum atomic E-state index is 13.1. The van der Waals surface area contributed by atoms with Crippen LogP contribution in [0.1, 0.15) is 31.9 Å². The Morgan fingerprint density at radius 1 is 1.10 bits per heavy atom. The van der Waals surface area contributed by atoms with Gasteiger partial charge >= 0.3 is 5.97 Å². The average molecular weight is 409 g/mol. The minimum Gasteiger partial charge on any atom is -0.490 e. The first-order chi connectivity index (χ1) is 14.4. The molecule has 2 aromatic carbocycles. The van der Waals surface area contributed by atoms with Gasteiger partial charge < -0.3 is 19.1 Å². The van der Waals surface area contributed by atoms with Crippen LogP contribution in [0.3, 0.4) is 0 Å². The second-order valence-corrected chi connectivity index (χ2v) is 7.39. The summed E-state index contributed by atoms with van der Waals surface area (Å²) in [6.07, 6.45) is 1.87. The van der Waals surface area contributed by atoms with Crippen molar-refractivity contribution in [2.75, 3.05) is 31.8 Å². The molecule has 0 unspecified atom stereocenters. The quantitative estimate of drug-likeness (QED) is 0.483. The van der Waals surface area contributed by atoms with Crippen LogP contribution >= 0.6 is 0 Å². The predicted molar refractivity (Wildman–Crippen MR) is 117 cm³/mol. The van der Waals surface area contributed by atoms with Gasteiger partial charge in [0.2, 0.25) is 0 Å². The van der Waals surface area contributed by atoms with E-state index in [0.29, 0.717) is 36.1 Å². The van der Waals surface area contributed by atoms with Crippen molar-refractivity contribution in [2.24, 2.45) is 5.92 Å². The zero-order chi connectivity index (χ0) is 21.7. The number of carbonyl (C=O) groups excluding carboxylic acids is 2. The van der Waals surface area contributed by atoms with E-state index in [1.54, 1.807) is 6.07 Å². The lowest BCUT2D eigenvalue weighted by atomic mass is 10.0. The molecule has 2 aromatic rings. The van der Waals surface area contributed by atoms with Gasteiger partial charge in [-0.2, -0.15) is 0 Å². The Bertz CT molecular complexity index is 964. The smallest absolute Gasteiger partial charge is 0.343 e. The third-order valence-electron chi connectivity index (χ3n) is 4.66. The number of benzene rings is 2. The predicted octanol–water partition coefficient (Wildman–Crippen LogP) is 4.18. The maximum absolute atomic E-state index is 13.1. The lowest BCUT2D eigenvalue weighted by molar-refractivity contribution is -0.142. The van der Waals surface area contributed by atoms with E-state index in [-0.39, 0.29) is 12.5 Å². The van der Waals surface area contributed by atoms with Crippen LogP contribution in [0.2, 0.25) is 0 Å². The molecule has 3 rings (SSSR count). The van der Waals surface area contributed by atoms with Crippen molar-refractivity contribution in [3.63, 3.8) is 0 Å². The van der Waals surface area contributed by atoms with Crippen LogP contribution in [-0.4, -0.2) is 38.7 Å². The molecule has 6 heteroatoms. The van der Waals surface area contributed by atoms with Crippen LogP contribution < -0.4 is 14.4 Å². The van der Waals surface area contributed by atoms with Gasteiger partial charge in [-0.05, 0) is 42.7 Å². The van der Waals surface area contributed by atoms with Gasteiger partial charge in [-0.1, -0.05) is 38.1 Å². The molecule has 0 saturated heterocycles. The number of hydrogen-bond acceptors (Lipinski definition) is 5. The fourth-order valence-electron chi connectivity index (χ4n) is 3.36. The van der Waals surface area contributed by atoms with Crippen LogP contribution in [0.4, 0.5) is 5.69 Å². The summed E-state index contributed by atoms with van der Waals surface area (Å²) in [5, 5.41) is 0. The molecule has 0 spiro atoms. The highest BCUT2D eigenvalue weighted by Gasteiger charge is 2.32. The van der Waals surface area contributed by atoms with Gasteiger partial charge in [-0.3, -0.25) is 4.79 Å². The minimum atomic E-state index is -0.470. The first-order valence-electron chi connectivity index (χ1n) is 10.0. The molecule has 1 amide bonds. The summed E-state index contributed by atoms with van der Waals surface area (Å²) in [6.45, 7) is 6.97. The van der Waals surface area contributed by atoms with Crippen LogP contribution in [0.15, 0.2) is 42.5 Å². The van der Waals surface area contributed by atoms with Gasteiger partial charge in [0.05, 0.1) is 19.4 Å². The largest absolute Gasteiger partial charge is 0.490 e. The van der Waals surface area contributed by atoms with Gasteiger partial charge in [0.15, 0.2) is 18.1 Å². The van der Waals surface area contributed by atoms with E-state index in [4.69, 9.17) is 9.47 Å². The lowest BCUT2D eigenvalue weighted by Gasteiger charge is -2.19. The molecule has 1 aliphatic heterocycles.